The number of nitrogens with two attached hydrogens (primary N) is 1. The van der Waals surface area contributed by atoms with Crippen LogP contribution in [-0.2, 0) is 6.42 Å². The van der Waals surface area contributed by atoms with Crippen LogP contribution in [0.1, 0.15) is 18.2 Å². The molecule has 0 fully saturated rings. The first-order valence-corrected chi connectivity index (χ1v) is 6.51. The fourth-order valence-corrected chi connectivity index (χ4v) is 2.55. The normalized spacial score (nSPS) is 12.7. The van der Waals surface area contributed by atoms with Gasteiger partial charge in [0, 0.05) is 16.5 Å². The second-order valence-corrected chi connectivity index (χ2v) is 5.25. The molecule has 96 valence electrons. The number of aromatic nitrogens is 1. The fraction of sp³-hybridized carbons (Fsp3) is 0.308. The van der Waals surface area contributed by atoms with Gasteiger partial charge in [0.05, 0.1) is 5.69 Å². The van der Waals surface area contributed by atoms with E-state index in [-0.39, 0.29) is 11.9 Å². The predicted molar refractivity (Wildman–Crippen MR) is 69.1 cm³/mol. The van der Waals surface area contributed by atoms with Crippen LogP contribution in [-0.4, -0.2) is 11.0 Å². The Balaban J connectivity index is 2.29. The van der Waals surface area contributed by atoms with E-state index >= 15 is 0 Å². The van der Waals surface area contributed by atoms with Crippen LogP contribution < -0.4 is 5.73 Å². The Labute approximate surface area is 110 Å². The summed E-state index contributed by atoms with van der Waals surface area (Å²) >= 11 is 1.32. The largest absolute Gasteiger partial charge is 0.439 e. The van der Waals surface area contributed by atoms with Crippen molar-refractivity contribution in [1.29, 1.82) is 0 Å². The summed E-state index contributed by atoms with van der Waals surface area (Å²) in [7, 11) is 0. The summed E-state index contributed by atoms with van der Waals surface area (Å²) in [5.74, 6) is -0.236. The average Bonchev–Trinajstić information content (AvgIpc) is 2.69. The molecule has 0 aliphatic carbocycles. The van der Waals surface area contributed by atoms with Gasteiger partial charge in [-0.1, -0.05) is 6.07 Å². The van der Waals surface area contributed by atoms with E-state index in [9.17, 15) is 4.39 Å². The summed E-state index contributed by atoms with van der Waals surface area (Å²) < 4.78 is 19.1. The fourth-order valence-electron chi connectivity index (χ4n) is 1.63. The van der Waals surface area contributed by atoms with Gasteiger partial charge in [-0.15, -0.1) is 0 Å². The van der Waals surface area contributed by atoms with Gasteiger partial charge in [-0.2, -0.15) is 0 Å². The molecule has 2 rings (SSSR count). The van der Waals surface area contributed by atoms with Gasteiger partial charge in [-0.3, -0.25) is 0 Å². The Morgan fingerprint density at radius 1 is 1.50 bits per heavy atom. The molecule has 2 N–H and O–H groups in total. The smallest absolute Gasteiger partial charge is 0.260 e. The van der Waals surface area contributed by atoms with Crippen molar-refractivity contribution >= 4 is 11.8 Å². The van der Waals surface area contributed by atoms with Crippen molar-refractivity contribution in [2.75, 3.05) is 0 Å². The molecule has 1 aromatic carbocycles. The van der Waals surface area contributed by atoms with Gasteiger partial charge in [-0.25, -0.2) is 9.37 Å². The van der Waals surface area contributed by atoms with Crippen molar-refractivity contribution in [3.05, 3.63) is 41.5 Å². The lowest BCUT2D eigenvalue weighted by atomic mass is 10.1. The third kappa shape index (κ3) is 3.11. The summed E-state index contributed by atoms with van der Waals surface area (Å²) in [6.07, 6.45) is 2.07. The highest BCUT2D eigenvalue weighted by Crippen LogP contribution is 2.31. The maximum Gasteiger partial charge on any atom is 0.260 e. The van der Waals surface area contributed by atoms with Gasteiger partial charge in [0.15, 0.2) is 0 Å². The molecule has 0 bridgehead atoms. The van der Waals surface area contributed by atoms with Crippen molar-refractivity contribution in [2.24, 2.45) is 5.73 Å². The van der Waals surface area contributed by atoms with Crippen molar-refractivity contribution in [1.82, 2.24) is 4.98 Å². The van der Waals surface area contributed by atoms with E-state index < -0.39 is 0 Å². The molecule has 0 aliphatic heterocycles. The molecular formula is C13H15FN2OS. The predicted octanol–water partition coefficient (Wildman–Crippen LogP) is 3.16. The minimum absolute atomic E-state index is 0.0902. The van der Waals surface area contributed by atoms with Crippen molar-refractivity contribution < 1.29 is 8.81 Å². The number of hydrogen-bond donors (Lipinski definition) is 1. The van der Waals surface area contributed by atoms with E-state index in [1.807, 2.05) is 19.9 Å². The lowest BCUT2D eigenvalue weighted by Crippen LogP contribution is -2.19. The molecule has 1 atom stereocenters. The molecule has 3 nitrogen and oxygen atoms in total. The number of hydrogen-bond acceptors (Lipinski definition) is 4. The first kappa shape index (κ1) is 13.1. The summed E-state index contributed by atoms with van der Waals surface area (Å²) in [5, 5.41) is 0.518. The Morgan fingerprint density at radius 3 is 2.89 bits per heavy atom. The van der Waals surface area contributed by atoms with Crippen LogP contribution in [0.25, 0.3) is 0 Å². The minimum atomic E-state index is -0.236. The molecule has 5 heteroatoms. The third-order valence-electron chi connectivity index (χ3n) is 2.40. The quantitative estimate of drug-likeness (QED) is 0.923. The highest BCUT2D eigenvalue weighted by molar-refractivity contribution is 7.99. The summed E-state index contributed by atoms with van der Waals surface area (Å²) in [4.78, 5) is 5.00. The molecule has 0 aliphatic rings. The number of oxazole rings is 1. The van der Waals surface area contributed by atoms with Crippen LogP contribution in [0, 0.1) is 12.7 Å². The van der Waals surface area contributed by atoms with Crippen LogP contribution in [0.15, 0.2) is 39.0 Å². The van der Waals surface area contributed by atoms with Crippen LogP contribution in [0.4, 0.5) is 4.39 Å². The molecule has 1 heterocycles. The second kappa shape index (κ2) is 5.54. The highest BCUT2D eigenvalue weighted by Gasteiger charge is 2.13. The van der Waals surface area contributed by atoms with Crippen molar-refractivity contribution in [3.8, 4) is 0 Å². The number of aryl methyl sites for hydroxylation is 1. The zero-order valence-corrected chi connectivity index (χ0v) is 11.1. The Kier molecular flexibility index (Phi) is 4.04. The molecule has 0 saturated carbocycles. The summed E-state index contributed by atoms with van der Waals surface area (Å²) in [5.41, 5.74) is 7.17. The number of benzene rings is 1. The molecule has 1 unspecified atom stereocenters. The molecule has 1 aromatic heterocycles. The van der Waals surface area contributed by atoms with E-state index in [0.717, 1.165) is 10.6 Å². The maximum absolute atomic E-state index is 13.8. The van der Waals surface area contributed by atoms with Gasteiger partial charge in [0.2, 0.25) is 0 Å². The molecule has 18 heavy (non-hydrogen) atoms. The van der Waals surface area contributed by atoms with Crippen LogP contribution in [0.3, 0.4) is 0 Å². The van der Waals surface area contributed by atoms with Crippen LogP contribution in [0.5, 0.6) is 0 Å². The lowest BCUT2D eigenvalue weighted by Gasteiger charge is -2.10. The molecule has 0 radical (unpaired) electrons. The Morgan fingerprint density at radius 2 is 2.28 bits per heavy atom. The molecule has 2 aromatic rings. The van der Waals surface area contributed by atoms with Gasteiger partial charge in [-0.05, 0) is 44.2 Å². The number of nitrogens with zero attached hydrogens (tertiary/aromatic N) is 1. The molecule has 0 spiro atoms. The highest BCUT2D eigenvalue weighted by atomic mass is 32.2. The van der Waals surface area contributed by atoms with Gasteiger partial charge >= 0.3 is 0 Å². The first-order valence-electron chi connectivity index (χ1n) is 5.69. The second-order valence-electron chi connectivity index (χ2n) is 4.25. The SMILES string of the molecule is Cc1coc(Sc2cccc(F)c2CC(C)N)n1. The minimum Gasteiger partial charge on any atom is -0.439 e. The van der Waals surface area contributed by atoms with E-state index in [4.69, 9.17) is 10.2 Å². The summed E-state index contributed by atoms with van der Waals surface area (Å²) in [6, 6.07) is 4.89. The lowest BCUT2D eigenvalue weighted by molar-refractivity contribution is 0.454. The van der Waals surface area contributed by atoms with Crippen LogP contribution >= 0.6 is 11.8 Å². The number of rotatable bonds is 4. The number of halogens is 1. The standard InChI is InChI=1S/C13H15FN2OS/c1-8(15)6-10-11(14)4-3-5-12(10)18-13-16-9(2)7-17-13/h3-5,7-8H,6,15H2,1-2H3. The summed E-state index contributed by atoms with van der Waals surface area (Å²) in [6.45, 7) is 3.71. The Hall–Kier alpha value is -1.33. The third-order valence-corrected chi connectivity index (χ3v) is 3.36. The van der Waals surface area contributed by atoms with Gasteiger partial charge in [0.1, 0.15) is 12.1 Å². The van der Waals surface area contributed by atoms with E-state index in [1.165, 1.54) is 17.8 Å². The van der Waals surface area contributed by atoms with E-state index in [2.05, 4.69) is 4.98 Å². The van der Waals surface area contributed by atoms with Gasteiger partial charge < -0.3 is 10.2 Å². The zero-order chi connectivity index (χ0) is 13.1. The average molecular weight is 266 g/mol. The maximum atomic E-state index is 13.8. The molecular weight excluding hydrogens is 251 g/mol. The van der Waals surface area contributed by atoms with Crippen molar-refractivity contribution in [3.63, 3.8) is 0 Å². The topological polar surface area (TPSA) is 52.0 Å². The van der Waals surface area contributed by atoms with E-state index in [1.54, 1.807) is 12.3 Å². The zero-order valence-electron chi connectivity index (χ0n) is 10.3. The Bertz CT molecular complexity index is 540. The molecule has 0 amide bonds. The van der Waals surface area contributed by atoms with Crippen molar-refractivity contribution in [2.45, 2.75) is 36.4 Å². The van der Waals surface area contributed by atoms with E-state index in [0.29, 0.717) is 17.2 Å². The van der Waals surface area contributed by atoms with Crippen LogP contribution in [0.2, 0.25) is 0 Å². The van der Waals surface area contributed by atoms with Gasteiger partial charge in [0.25, 0.3) is 5.22 Å². The monoisotopic (exact) mass is 266 g/mol. The first-order chi connectivity index (χ1) is 8.56. The molecule has 0 saturated heterocycles.